The van der Waals surface area contributed by atoms with E-state index < -0.39 is 33.8 Å². The molecule has 40 heavy (non-hydrogen) atoms. The molecule has 0 fully saturated rings. The molecular formula is C27H23BrN6O5S. The van der Waals surface area contributed by atoms with Gasteiger partial charge in [-0.2, -0.15) is 0 Å². The van der Waals surface area contributed by atoms with Crippen LogP contribution in [0.15, 0.2) is 101 Å². The second kappa shape index (κ2) is 12.6. The third-order valence-corrected chi connectivity index (χ3v) is 7.04. The van der Waals surface area contributed by atoms with Gasteiger partial charge in [-0.1, -0.05) is 30.3 Å². The fourth-order valence-electron chi connectivity index (χ4n) is 3.70. The standard InChI is InChI=1S/C27H23BrN6O5S/c28-19-7-10-24(31-16-19)34-25(35)15-22(33-26(36)18-11-13-30-14-12-18)27(37)32-20-8-5-17(6-9-20)21-3-1-2-4-23(21)40(29,38)39/h1-14,16,22H,15H2,(H,32,37)(H,33,36)(H2,29,38,39)(H,31,34,35). The Labute approximate surface area is 238 Å². The summed E-state index contributed by atoms with van der Waals surface area (Å²) in [5.41, 5.74) is 1.59. The van der Waals surface area contributed by atoms with Crippen LogP contribution in [-0.4, -0.2) is 42.1 Å². The highest BCUT2D eigenvalue weighted by atomic mass is 79.9. The maximum absolute atomic E-state index is 13.2. The number of nitrogens with two attached hydrogens (primary N) is 1. The van der Waals surface area contributed by atoms with Gasteiger partial charge in [-0.25, -0.2) is 18.5 Å². The van der Waals surface area contributed by atoms with Gasteiger partial charge in [-0.3, -0.25) is 19.4 Å². The molecule has 0 aliphatic carbocycles. The van der Waals surface area contributed by atoms with Gasteiger partial charge in [-0.15, -0.1) is 0 Å². The van der Waals surface area contributed by atoms with Crippen molar-refractivity contribution in [2.75, 3.05) is 10.6 Å². The number of primary sulfonamides is 1. The molecule has 4 aromatic rings. The van der Waals surface area contributed by atoms with Crippen molar-refractivity contribution in [3.8, 4) is 11.1 Å². The van der Waals surface area contributed by atoms with Crippen molar-refractivity contribution in [1.82, 2.24) is 15.3 Å². The summed E-state index contributed by atoms with van der Waals surface area (Å²) in [6.07, 6.45) is 4.01. The lowest BCUT2D eigenvalue weighted by Gasteiger charge is -2.18. The van der Waals surface area contributed by atoms with E-state index >= 15 is 0 Å². The minimum atomic E-state index is -3.95. The summed E-state index contributed by atoms with van der Waals surface area (Å²) >= 11 is 3.27. The van der Waals surface area contributed by atoms with Crippen molar-refractivity contribution in [1.29, 1.82) is 0 Å². The highest BCUT2D eigenvalue weighted by Crippen LogP contribution is 2.27. The van der Waals surface area contributed by atoms with Crippen LogP contribution >= 0.6 is 15.9 Å². The lowest BCUT2D eigenvalue weighted by Crippen LogP contribution is -2.45. The molecule has 0 saturated carbocycles. The van der Waals surface area contributed by atoms with Crippen LogP contribution in [0.3, 0.4) is 0 Å². The summed E-state index contributed by atoms with van der Waals surface area (Å²) in [6, 6.07) is 17.7. The van der Waals surface area contributed by atoms with E-state index in [2.05, 4.69) is 41.8 Å². The van der Waals surface area contributed by atoms with Crippen molar-refractivity contribution >= 4 is 55.2 Å². The van der Waals surface area contributed by atoms with Gasteiger partial charge in [0.1, 0.15) is 11.9 Å². The van der Waals surface area contributed by atoms with E-state index in [1.54, 1.807) is 54.6 Å². The Hall–Kier alpha value is -4.46. The first-order valence-corrected chi connectivity index (χ1v) is 14.1. The van der Waals surface area contributed by atoms with Crippen molar-refractivity contribution in [3.05, 3.63) is 101 Å². The van der Waals surface area contributed by atoms with Gasteiger partial charge in [0.15, 0.2) is 0 Å². The zero-order valence-electron chi connectivity index (χ0n) is 20.7. The predicted molar refractivity (Wildman–Crippen MR) is 153 cm³/mol. The number of nitrogens with zero attached hydrogens (tertiary/aromatic N) is 2. The van der Waals surface area contributed by atoms with E-state index in [0.29, 0.717) is 16.8 Å². The van der Waals surface area contributed by atoms with Crippen molar-refractivity contribution in [2.24, 2.45) is 5.14 Å². The van der Waals surface area contributed by atoms with Gasteiger partial charge in [0.2, 0.25) is 21.8 Å². The second-order valence-electron chi connectivity index (χ2n) is 8.48. The number of amides is 3. The van der Waals surface area contributed by atoms with Crippen molar-refractivity contribution in [2.45, 2.75) is 17.4 Å². The van der Waals surface area contributed by atoms with Crippen LogP contribution < -0.4 is 21.1 Å². The lowest BCUT2D eigenvalue weighted by molar-refractivity contribution is -0.122. The van der Waals surface area contributed by atoms with Crippen LogP contribution in [0.4, 0.5) is 11.5 Å². The Morgan fingerprint density at radius 1 is 0.900 bits per heavy atom. The number of aromatic nitrogens is 2. The van der Waals surface area contributed by atoms with E-state index in [1.165, 1.54) is 36.8 Å². The summed E-state index contributed by atoms with van der Waals surface area (Å²) in [5, 5.41) is 13.2. The topological polar surface area (TPSA) is 173 Å². The fraction of sp³-hybridized carbons (Fsp3) is 0.0741. The largest absolute Gasteiger partial charge is 0.340 e. The molecule has 1 unspecified atom stereocenters. The number of anilines is 2. The Bertz CT molecular complexity index is 1630. The minimum Gasteiger partial charge on any atom is -0.340 e. The third kappa shape index (κ3) is 7.56. The molecule has 11 nitrogen and oxygen atoms in total. The van der Waals surface area contributed by atoms with Crippen molar-refractivity contribution in [3.63, 3.8) is 0 Å². The van der Waals surface area contributed by atoms with Crippen LogP contribution in [-0.2, 0) is 19.6 Å². The monoisotopic (exact) mass is 622 g/mol. The quantitative estimate of drug-likeness (QED) is 0.221. The number of halogens is 1. The lowest BCUT2D eigenvalue weighted by atomic mass is 10.1. The molecule has 0 spiro atoms. The van der Waals surface area contributed by atoms with Crippen LogP contribution in [0, 0.1) is 0 Å². The molecule has 0 bridgehead atoms. The maximum atomic E-state index is 13.2. The smallest absolute Gasteiger partial charge is 0.252 e. The number of sulfonamides is 1. The molecule has 4 rings (SSSR count). The molecule has 2 heterocycles. The van der Waals surface area contributed by atoms with Gasteiger partial charge in [0.25, 0.3) is 5.91 Å². The molecular weight excluding hydrogens is 600 g/mol. The number of benzene rings is 2. The number of pyridine rings is 2. The number of hydrogen-bond donors (Lipinski definition) is 4. The van der Waals surface area contributed by atoms with E-state index in [4.69, 9.17) is 5.14 Å². The molecule has 0 aliphatic heterocycles. The average Bonchev–Trinajstić information content (AvgIpc) is 2.94. The Morgan fingerprint density at radius 2 is 1.60 bits per heavy atom. The molecule has 3 amide bonds. The number of hydrogen-bond acceptors (Lipinski definition) is 7. The van der Waals surface area contributed by atoms with Crippen LogP contribution in [0.25, 0.3) is 11.1 Å². The fourth-order valence-corrected chi connectivity index (χ4v) is 4.69. The zero-order chi connectivity index (χ0) is 28.7. The second-order valence-corrected chi connectivity index (χ2v) is 10.9. The van der Waals surface area contributed by atoms with Crippen LogP contribution in [0.5, 0.6) is 0 Å². The number of carbonyl (C=O) groups is 3. The average molecular weight is 623 g/mol. The van der Waals surface area contributed by atoms with Crippen LogP contribution in [0.1, 0.15) is 16.8 Å². The summed E-state index contributed by atoms with van der Waals surface area (Å²) in [6.45, 7) is 0. The Morgan fingerprint density at radius 3 is 2.25 bits per heavy atom. The SMILES string of the molecule is NS(=O)(=O)c1ccccc1-c1ccc(NC(=O)C(CC(=O)Nc2ccc(Br)cn2)NC(=O)c2ccncc2)cc1. The number of rotatable bonds is 9. The summed E-state index contributed by atoms with van der Waals surface area (Å²) < 4.78 is 24.7. The summed E-state index contributed by atoms with van der Waals surface area (Å²) in [5.74, 6) is -1.46. The molecule has 0 saturated heterocycles. The van der Waals surface area contributed by atoms with Gasteiger partial charge >= 0.3 is 0 Å². The first-order chi connectivity index (χ1) is 19.1. The summed E-state index contributed by atoms with van der Waals surface area (Å²) in [4.78, 5) is 46.7. The first-order valence-electron chi connectivity index (χ1n) is 11.8. The third-order valence-electron chi connectivity index (χ3n) is 5.61. The van der Waals surface area contributed by atoms with Gasteiger partial charge in [-0.05, 0) is 64.0 Å². The van der Waals surface area contributed by atoms with Gasteiger partial charge in [0.05, 0.1) is 11.3 Å². The highest BCUT2D eigenvalue weighted by Gasteiger charge is 2.25. The highest BCUT2D eigenvalue weighted by molar-refractivity contribution is 9.10. The zero-order valence-corrected chi connectivity index (χ0v) is 23.1. The van der Waals surface area contributed by atoms with Gasteiger partial charge in [0, 0.05) is 39.9 Å². The Balaban J connectivity index is 1.51. The molecule has 2 aromatic heterocycles. The number of nitrogens with one attached hydrogen (secondary N) is 3. The molecule has 0 radical (unpaired) electrons. The maximum Gasteiger partial charge on any atom is 0.252 e. The predicted octanol–water partition coefficient (Wildman–Crippen LogP) is 3.32. The van der Waals surface area contributed by atoms with Crippen LogP contribution in [0.2, 0.25) is 0 Å². The van der Waals surface area contributed by atoms with Crippen molar-refractivity contribution < 1.29 is 22.8 Å². The van der Waals surface area contributed by atoms with Gasteiger partial charge < -0.3 is 16.0 Å². The molecule has 5 N–H and O–H groups in total. The first kappa shape index (κ1) is 28.5. The molecule has 1 atom stereocenters. The van der Waals surface area contributed by atoms with E-state index in [1.807, 2.05) is 0 Å². The van der Waals surface area contributed by atoms with E-state index in [-0.39, 0.29) is 22.7 Å². The number of carbonyl (C=O) groups excluding carboxylic acids is 3. The minimum absolute atomic E-state index is 0.0306. The molecule has 2 aromatic carbocycles. The molecule has 13 heteroatoms. The molecule has 0 aliphatic rings. The summed E-state index contributed by atoms with van der Waals surface area (Å²) in [7, 11) is -3.95. The van der Waals surface area contributed by atoms with E-state index in [9.17, 15) is 22.8 Å². The normalized spacial score (nSPS) is 11.8. The molecule has 204 valence electrons. The Kier molecular flexibility index (Phi) is 8.99. The van der Waals surface area contributed by atoms with E-state index in [0.717, 1.165) is 4.47 Å².